The predicted octanol–water partition coefficient (Wildman–Crippen LogP) is 3.25. The zero-order valence-electron chi connectivity index (χ0n) is 11.5. The summed E-state index contributed by atoms with van der Waals surface area (Å²) in [7, 11) is -3.46. The fraction of sp³-hybridized carbons (Fsp3) is 0.533. The van der Waals surface area contributed by atoms with Gasteiger partial charge in [0.15, 0.2) is 9.84 Å². The molecular formula is C15H17ClO4S. The third-order valence-electron chi connectivity index (χ3n) is 4.85. The van der Waals surface area contributed by atoms with Gasteiger partial charge in [-0.25, -0.2) is 13.2 Å². The number of carbonyl (C=O) groups is 1. The number of hydrogen-bond donors (Lipinski definition) is 1. The van der Waals surface area contributed by atoms with E-state index in [1.54, 1.807) is 0 Å². The lowest BCUT2D eigenvalue weighted by Crippen LogP contribution is -2.21. The normalized spacial score (nSPS) is 28.0. The maximum Gasteiger partial charge on any atom is 0.337 e. The Balaban J connectivity index is 1.85. The van der Waals surface area contributed by atoms with Gasteiger partial charge < -0.3 is 5.11 Å². The molecule has 2 fully saturated rings. The summed E-state index contributed by atoms with van der Waals surface area (Å²) in [6.45, 7) is 0. The smallest absolute Gasteiger partial charge is 0.337 e. The average molecular weight is 329 g/mol. The van der Waals surface area contributed by atoms with Gasteiger partial charge in [0.2, 0.25) is 0 Å². The van der Waals surface area contributed by atoms with E-state index in [1.807, 2.05) is 0 Å². The molecule has 1 N–H and O–H groups in total. The maximum atomic E-state index is 12.5. The Labute approximate surface area is 129 Å². The second-order valence-electron chi connectivity index (χ2n) is 6.16. The largest absolute Gasteiger partial charge is 0.478 e. The van der Waals surface area contributed by atoms with E-state index in [9.17, 15) is 13.2 Å². The molecule has 2 aliphatic carbocycles. The molecule has 0 spiro atoms. The number of carboxylic acids is 1. The fourth-order valence-electron chi connectivity index (χ4n) is 3.82. The number of aromatic carboxylic acids is 1. The van der Waals surface area contributed by atoms with Crippen molar-refractivity contribution in [3.8, 4) is 0 Å². The zero-order valence-corrected chi connectivity index (χ0v) is 13.0. The minimum Gasteiger partial charge on any atom is -0.478 e. The molecule has 1 aromatic carbocycles. The molecule has 0 aliphatic heterocycles. The third kappa shape index (κ3) is 2.81. The van der Waals surface area contributed by atoms with Gasteiger partial charge in [-0.15, -0.1) is 0 Å². The van der Waals surface area contributed by atoms with Gasteiger partial charge in [-0.05, 0) is 55.2 Å². The van der Waals surface area contributed by atoms with Crippen LogP contribution in [0.2, 0.25) is 5.02 Å². The van der Waals surface area contributed by atoms with E-state index in [-0.39, 0.29) is 27.2 Å². The lowest BCUT2D eigenvalue weighted by atomic mass is 9.90. The molecule has 0 saturated heterocycles. The zero-order chi connectivity index (χ0) is 15.2. The SMILES string of the molecule is O=C(O)c1cc(S(=O)(=O)CC2CC3CCC2C3)ccc1Cl. The van der Waals surface area contributed by atoms with Gasteiger partial charge >= 0.3 is 5.97 Å². The van der Waals surface area contributed by atoms with Crippen molar-refractivity contribution in [3.05, 3.63) is 28.8 Å². The number of sulfone groups is 1. The summed E-state index contributed by atoms with van der Waals surface area (Å²) in [5.74, 6) is 0.343. The predicted molar refractivity (Wildman–Crippen MR) is 79.4 cm³/mol. The third-order valence-corrected chi connectivity index (χ3v) is 7.01. The van der Waals surface area contributed by atoms with Gasteiger partial charge in [0.1, 0.15) is 0 Å². The number of carboxylic acid groups (broad SMARTS) is 1. The molecule has 0 radical (unpaired) electrons. The quantitative estimate of drug-likeness (QED) is 0.921. The van der Waals surface area contributed by atoms with Crippen LogP contribution in [0.25, 0.3) is 0 Å². The first-order valence-electron chi connectivity index (χ1n) is 7.12. The summed E-state index contributed by atoms with van der Waals surface area (Å²) < 4.78 is 25.0. The van der Waals surface area contributed by atoms with Crippen molar-refractivity contribution in [2.75, 3.05) is 5.75 Å². The summed E-state index contributed by atoms with van der Waals surface area (Å²) in [6, 6.07) is 3.92. The Kier molecular flexibility index (Phi) is 3.74. The maximum absolute atomic E-state index is 12.5. The number of hydrogen-bond acceptors (Lipinski definition) is 3. The standard InChI is InChI=1S/C15H17ClO4S/c16-14-4-3-12(7-13(14)15(17)18)21(19,20)8-11-6-9-1-2-10(11)5-9/h3-4,7,9-11H,1-2,5-6,8H2,(H,17,18). The summed E-state index contributed by atoms with van der Waals surface area (Å²) >= 11 is 5.79. The molecule has 3 unspecified atom stereocenters. The summed E-state index contributed by atoms with van der Waals surface area (Å²) in [4.78, 5) is 11.1. The van der Waals surface area contributed by atoms with Gasteiger partial charge in [-0.1, -0.05) is 18.0 Å². The van der Waals surface area contributed by atoms with E-state index >= 15 is 0 Å². The molecule has 2 aliphatic rings. The van der Waals surface area contributed by atoms with Crippen molar-refractivity contribution in [2.45, 2.75) is 30.6 Å². The highest BCUT2D eigenvalue weighted by Crippen LogP contribution is 2.49. The minimum atomic E-state index is -3.46. The Morgan fingerprint density at radius 2 is 2.05 bits per heavy atom. The average Bonchev–Trinajstić information content (AvgIpc) is 3.00. The van der Waals surface area contributed by atoms with Crippen LogP contribution in [-0.2, 0) is 9.84 Å². The van der Waals surface area contributed by atoms with Crippen LogP contribution >= 0.6 is 11.6 Å². The van der Waals surface area contributed by atoms with Crippen molar-refractivity contribution in [1.82, 2.24) is 0 Å². The van der Waals surface area contributed by atoms with Crippen LogP contribution in [-0.4, -0.2) is 25.2 Å². The van der Waals surface area contributed by atoms with Crippen molar-refractivity contribution in [3.63, 3.8) is 0 Å². The van der Waals surface area contributed by atoms with Gasteiger partial charge in [0.25, 0.3) is 0 Å². The monoisotopic (exact) mass is 328 g/mol. The van der Waals surface area contributed by atoms with Crippen LogP contribution in [0.4, 0.5) is 0 Å². The van der Waals surface area contributed by atoms with Crippen LogP contribution in [0.1, 0.15) is 36.0 Å². The number of fused-ring (bicyclic) bond motifs is 2. The molecule has 2 bridgehead atoms. The Morgan fingerprint density at radius 3 is 2.62 bits per heavy atom. The van der Waals surface area contributed by atoms with Crippen molar-refractivity contribution in [1.29, 1.82) is 0 Å². The second-order valence-corrected chi connectivity index (χ2v) is 8.60. The molecule has 4 nitrogen and oxygen atoms in total. The molecule has 6 heteroatoms. The molecule has 0 aromatic heterocycles. The van der Waals surface area contributed by atoms with Crippen molar-refractivity contribution < 1.29 is 18.3 Å². The van der Waals surface area contributed by atoms with Crippen LogP contribution in [0, 0.1) is 17.8 Å². The Morgan fingerprint density at radius 1 is 1.29 bits per heavy atom. The fourth-order valence-corrected chi connectivity index (χ4v) is 5.76. The van der Waals surface area contributed by atoms with Gasteiger partial charge in [-0.2, -0.15) is 0 Å². The molecule has 1 aromatic rings. The topological polar surface area (TPSA) is 71.4 Å². The molecule has 0 heterocycles. The van der Waals surface area contributed by atoms with Gasteiger partial charge in [0.05, 0.1) is 21.2 Å². The first-order valence-corrected chi connectivity index (χ1v) is 9.15. The molecule has 3 rings (SSSR count). The molecule has 3 atom stereocenters. The van der Waals surface area contributed by atoms with Crippen LogP contribution in [0.3, 0.4) is 0 Å². The first kappa shape index (κ1) is 14.9. The highest BCUT2D eigenvalue weighted by atomic mass is 35.5. The molecule has 0 amide bonds. The number of benzene rings is 1. The van der Waals surface area contributed by atoms with E-state index in [2.05, 4.69) is 0 Å². The Hall–Kier alpha value is -1.07. The Bertz CT molecular complexity index is 683. The lowest BCUT2D eigenvalue weighted by molar-refractivity contribution is 0.0697. The highest BCUT2D eigenvalue weighted by molar-refractivity contribution is 7.91. The summed E-state index contributed by atoms with van der Waals surface area (Å²) in [5.41, 5.74) is -0.161. The van der Waals surface area contributed by atoms with E-state index < -0.39 is 15.8 Å². The molecule has 114 valence electrons. The number of rotatable bonds is 4. The van der Waals surface area contributed by atoms with Gasteiger partial charge in [-0.3, -0.25) is 0 Å². The van der Waals surface area contributed by atoms with Crippen LogP contribution in [0.5, 0.6) is 0 Å². The molecule has 21 heavy (non-hydrogen) atoms. The van der Waals surface area contributed by atoms with E-state index in [1.165, 1.54) is 24.6 Å². The first-order chi connectivity index (χ1) is 9.87. The van der Waals surface area contributed by atoms with Gasteiger partial charge in [0, 0.05) is 0 Å². The molecular weight excluding hydrogens is 312 g/mol. The van der Waals surface area contributed by atoms with E-state index in [4.69, 9.17) is 16.7 Å². The highest BCUT2D eigenvalue weighted by Gasteiger charge is 2.41. The van der Waals surface area contributed by atoms with Crippen LogP contribution < -0.4 is 0 Å². The summed E-state index contributed by atoms with van der Waals surface area (Å²) in [6.07, 6.45) is 4.50. The minimum absolute atomic E-state index is 0.0568. The van der Waals surface area contributed by atoms with Crippen LogP contribution in [0.15, 0.2) is 23.1 Å². The lowest BCUT2D eigenvalue weighted by Gasteiger charge is -2.21. The number of halogens is 1. The van der Waals surface area contributed by atoms with Crippen molar-refractivity contribution in [2.24, 2.45) is 17.8 Å². The van der Waals surface area contributed by atoms with E-state index in [0.717, 1.165) is 19.3 Å². The van der Waals surface area contributed by atoms with E-state index in [0.29, 0.717) is 11.8 Å². The second kappa shape index (κ2) is 5.29. The van der Waals surface area contributed by atoms with Crippen molar-refractivity contribution >= 4 is 27.4 Å². The summed E-state index contributed by atoms with van der Waals surface area (Å²) in [5, 5.41) is 9.10. The molecule has 2 saturated carbocycles.